The Morgan fingerprint density at radius 2 is 2.05 bits per heavy atom. The van der Waals surface area contributed by atoms with E-state index in [1.54, 1.807) is 26.4 Å². The van der Waals surface area contributed by atoms with Crippen LogP contribution in [0.4, 0.5) is 4.39 Å². The van der Waals surface area contributed by atoms with Gasteiger partial charge in [-0.15, -0.1) is 0 Å². The van der Waals surface area contributed by atoms with E-state index in [4.69, 9.17) is 14.2 Å². The van der Waals surface area contributed by atoms with Gasteiger partial charge in [-0.1, -0.05) is 12.1 Å². The summed E-state index contributed by atoms with van der Waals surface area (Å²) < 4.78 is 28.7. The smallest absolute Gasteiger partial charge is 0.258 e. The van der Waals surface area contributed by atoms with Crippen LogP contribution in [-0.4, -0.2) is 45.5 Å². The van der Waals surface area contributed by atoms with Crippen LogP contribution in [0.15, 0.2) is 24.3 Å². The van der Waals surface area contributed by atoms with Crippen molar-refractivity contribution >= 4 is 5.91 Å². The van der Waals surface area contributed by atoms with Crippen molar-refractivity contribution in [3.05, 3.63) is 30.1 Å². The molecule has 6 heteroatoms. The van der Waals surface area contributed by atoms with E-state index >= 15 is 0 Å². The second-order valence-corrected chi connectivity index (χ2v) is 4.58. The highest BCUT2D eigenvalue weighted by molar-refractivity contribution is 5.77. The molecule has 1 atom stereocenters. The Hall–Kier alpha value is -1.66. The predicted octanol–water partition coefficient (Wildman–Crippen LogP) is 1.37. The number of amides is 1. The number of para-hydroxylation sites is 1. The molecule has 0 unspecified atom stereocenters. The predicted molar refractivity (Wildman–Crippen MR) is 72.2 cm³/mol. The van der Waals surface area contributed by atoms with E-state index in [-0.39, 0.29) is 24.8 Å². The molecule has 0 aliphatic carbocycles. The Labute approximate surface area is 118 Å². The summed E-state index contributed by atoms with van der Waals surface area (Å²) in [4.78, 5) is 11.6. The summed E-state index contributed by atoms with van der Waals surface area (Å²) in [5.74, 6) is -0.803. The first-order valence-electron chi connectivity index (χ1n) is 6.19. The van der Waals surface area contributed by atoms with Gasteiger partial charge in [0.25, 0.3) is 5.91 Å². The lowest BCUT2D eigenvalue weighted by Crippen LogP contribution is -2.46. The van der Waals surface area contributed by atoms with Crippen LogP contribution in [0.2, 0.25) is 0 Å². The summed E-state index contributed by atoms with van der Waals surface area (Å²) in [6.45, 7) is 2.18. The zero-order valence-corrected chi connectivity index (χ0v) is 11.9. The van der Waals surface area contributed by atoms with Crippen molar-refractivity contribution in [3.63, 3.8) is 0 Å². The summed E-state index contributed by atoms with van der Waals surface area (Å²) >= 11 is 0. The third-order valence-corrected chi connectivity index (χ3v) is 2.80. The molecule has 0 spiro atoms. The zero-order chi connectivity index (χ0) is 15.0. The Bertz CT molecular complexity index is 441. The van der Waals surface area contributed by atoms with Crippen LogP contribution in [0.5, 0.6) is 5.75 Å². The highest BCUT2D eigenvalue weighted by Crippen LogP contribution is 2.15. The number of halogens is 1. The van der Waals surface area contributed by atoms with Crippen molar-refractivity contribution in [2.45, 2.75) is 12.5 Å². The fourth-order valence-corrected chi connectivity index (χ4v) is 1.53. The van der Waals surface area contributed by atoms with E-state index in [1.807, 2.05) is 6.92 Å². The molecule has 0 fully saturated rings. The van der Waals surface area contributed by atoms with Crippen molar-refractivity contribution in [1.82, 2.24) is 5.32 Å². The average Bonchev–Trinajstić information content (AvgIpc) is 2.44. The number of nitrogens with one attached hydrogen (secondary N) is 1. The molecule has 0 aliphatic heterocycles. The SMILES string of the molecule is COC[C@](C)(CNC(=O)COc1ccccc1F)OC. The monoisotopic (exact) mass is 285 g/mol. The molecule has 0 bridgehead atoms. The standard InChI is InChI=1S/C14H20FNO4/c1-14(19-3,10-18-2)9-16-13(17)8-20-12-7-5-4-6-11(12)15/h4-7H,8-10H2,1-3H3,(H,16,17)/t14-/m0/s1. The first kappa shape index (κ1) is 16.4. The molecule has 0 radical (unpaired) electrons. The normalized spacial score (nSPS) is 13.6. The molecule has 1 amide bonds. The molecule has 1 aromatic rings. The highest BCUT2D eigenvalue weighted by atomic mass is 19.1. The maximum absolute atomic E-state index is 13.3. The van der Waals surface area contributed by atoms with Gasteiger partial charge < -0.3 is 19.5 Å². The fourth-order valence-electron chi connectivity index (χ4n) is 1.53. The Kier molecular flexibility index (Phi) is 6.41. The van der Waals surface area contributed by atoms with E-state index in [2.05, 4.69) is 5.32 Å². The van der Waals surface area contributed by atoms with Crippen molar-refractivity contribution in [3.8, 4) is 5.75 Å². The van der Waals surface area contributed by atoms with Crippen molar-refractivity contribution in [2.75, 3.05) is 34.0 Å². The van der Waals surface area contributed by atoms with Crippen LogP contribution in [-0.2, 0) is 14.3 Å². The van der Waals surface area contributed by atoms with Crippen LogP contribution in [0, 0.1) is 5.82 Å². The van der Waals surface area contributed by atoms with Crippen LogP contribution < -0.4 is 10.1 Å². The van der Waals surface area contributed by atoms with E-state index in [0.29, 0.717) is 6.61 Å². The minimum absolute atomic E-state index is 0.0500. The minimum atomic E-state index is -0.609. The van der Waals surface area contributed by atoms with Crippen molar-refractivity contribution < 1.29 is 23.4 Å². The number of hydrogen-bond acceptors (Lipinski definition) is 4. The van der Waals surface area contributed by atoms with Crippen LogP contribution in [0.1, 0.15) is 6.92 Å². The molecule has 0 heterocycles. The molecule has 1 aromatic carbocycles. The molecular formula is C14H20FNO4. The summed E-state index contributed by atoms with van der Waals surface area (Å²) in [7, 11) is 3.10. The van der Waals surface area contributed by atoms with Crippen molar-refractivity contribution in [1.29, 1.82) is 0 Å². The summed E-state index contributed by atoms with van der Waals surface area (Å²) in [5.41, 5.74) is -0.609. The van der Waals surface area contributed by atoms with Crippen LogP contribution in [0.25, 0.3) is 0 Å². The van der Waals surface area contributed by atoms with Gasteiger partial charge in [-0.3, -0.25) is 4.79 Å². The summed E-state index contributed by atoms with van der Waals surface area (Å²) in [5, 5.41) is 2.66. The Morgan fingerprint density at radius 3 is 2.65 bits per heavy atom. The van der Waals surface area contributed by atoms with E-state index in [1.165, 1.54) is 12.1 Å². The van der Waals surface area contributed by atoms with Gasteiger partial charge in [0.05, 0.1) is 6.61 Å². The number of ether oxygens (including phenoxy) is 3. The van der Waals surface area contributed by atoms with Gasteiger partial charge in [-0.25, -0.2) is 4.39 Å². The van der Waals surface area contributed by atoms with Crippen LogP contribution in [0.3, 0.4) is 0 Å². The maximum Gasteiger partial charge on any atom is 0.258 e. The van der Waals surface area contributed by atoms with E-state index in [9.17, 15) is 9.18 Å². The molecule has 0 saturated heterocycles. The van der Waals surface area contributed by atoms with Crippen LogP contribution >= 0.6 is 0 Å². The maximum atomic E-state index is 13.3. The van der Waals surface area contributed by atoms with E-state index in [0.717, 1.165) is 0 Å². The molecule has 1 N–H and O–H groups in total. The first-order valence-corrected chi connectivity index (χ1v) is 6.19. The first-order chi connectivity index (χ1) is 9.50. The van der Waals surface area contributed by atoms with Gasteiger partial charge in [0.1, 0.15) is 5.60 Å². The van der Waals surface area contributed by atoms with Crippen molar-refractivity contribution in [2.24, 2.45) is 0 Å². The number of benzene rings is 1. The minimum Gasteiger partial charge on any atom is -0.481 e. The third kappa shape index (κ3) is 5.14. The number of carbonyl (C=O) groups excluding carboxylic acids is 1. The molecule has 1 rings (SSSR count). The van der Waals surface area contributed by atoms with E-state index < -0.39 is 11.4 Å². The molecule has 20 heavy (non-hydrogen) atoms. The molecule has 0 aliphatic rings. The lowest BCUT2D eigenvalue weighted by Gasteiger charge is -2.27. The Balaban J connectivity index is 2.39. The highest BCUT2D eigenvalue weighted by Gasteiger charge is 2.24. The topological polar surface area (TPSA) is 56.8 Å². The summed E-state index contributed by atoms with van der Waals surface area (Å²) in [6, 6.07) is 5.93. The molecule has 5 nitrogen and oxygen atoms in total. The zero-order valence-electron chi connectivity index (χ0n) is 11.9. The van der Waals surface area contributed by atoms with Gasteiger partial charge in [-0.05, 0) is 19.1 Å². The number of carbonyl (C=O) groups is 1. The largest absolute Gasteiger partial charge is 0.481 e. The second-order valence-electron chi connectivity index (χ2n) is 4.58. The van der Waals surface area contributed by atoms with Gasteiger partial charge in [0.15, 0.2) is 18.2 Å². The van der Waals surface area contributed by atoms with Gasteiger partial charge in [0, 0.05) is 20.8 Å². The quantitative estimate of drug-likeness (QED) is 0.784. The van der Waals surface area contributed by atoms with Gasteiger partial charge in [-0.2, -0.15) is 0 Å². The second kappa shape index (κ2) is 7.81. The Morgan fingerprint density at radius 1 is 1.35 bits per heavy atom. The number of methoxy groups -OCH3 is 2. The average molecular weight is 285 g/mol. The lowest BCUT2D eigenvalue weighted by molar-refractivity contribution is -0.125. The molecule has 112 valence electrons. The lowest BCUT2D eigenvalue weighted by atomic mass is 10.1. The molecule has 0 aromatic heterocycles. The van der Waals surface area contributed by atoms with Gasteiger partial charge >= 0.3 is 0 Å². The summed E-state index contributed by atoms with van der Waals surface area (Å²) in [6.07, 6.45) is 0. The molecular weight excluding hydrogens is 265 g/mol. The molecule has 0 saturated carbocycles. The van der Waals surface area contributed by atoms with Gasteiger partial charge in [0.2, 0.25) is 0 Å². The number of hydrogen-bond donors (Lipinski definition) is 1. The third-order valence-electron chi connectivity index (χ3n) is 2.80. The fraction of sp³-hybridized carbons (Fsp3) is 0.500. The number of rotatable bonds is 8.